The second-order valence-corrected chi connectivity index (χ2v) is 9.67. The Balaban J connectivity index is 2.76. The Bertz CT molecular complexity index is 535. The lowest BCUT2D eigenvalue weighted by atomic mass is 10.1. The van der Waals surface area contributed by atoms with Crippen LogP contribution < -0.4 is 0 Å². The normalized spacial score (nSPS) is 14.1. The second-order valence-electron chi connectivity index (χ2n) is 9.67. The van der Waals surface area contributed by atoms with Crippen LogP contribution in [0.4, 0.5) is 0 Å². The first-order chi connectivity index (χ1) is 16.6. The van der Waals surface area contributed by atoms with Crippen LogP contribution in [0.1, 0.15) is 130 Å². The van der Waals surface area contributed by atoms with Crippen LogP contribution in [-0.2, 0) is 14.4 Å². The molecule has 0 spiro atoms. The Morgan fingerprint density at radius 1 is 0.588 bits per heavy atom. The van der Waals surface area contributed by atoms with E-state index in [1.807, 2.05) is 5.06 Å². The van der Waals surface area contributed by atoms with Crippen LogP contribution in [0.25, 0.3) is 0 Å². The van der Waals surface area contributed by atoms with Crippen LogP contribution in [0.5, 0.6) is 0 Å². The SMILES string of the molecule is CCCCCCCCN1C(=O)C(=CON(CCCC)CCCC)C(=O)N1CCCCCCCC. The first kappa shape index (κ1) is 30.5. The Hall–Kier alpha value is -1.56. The quantitative estimate of drug-likeness (QED) is 0.0551. The lowest BCUT2D eigenvalue weighted by molar-refractivity contribution is -0.147. The van der Waals surface area contributed by atoms with Crippen molar-refractivity contribution in [3.05, 3.63) is 11.8 Å². The van der Waals surface area contributed by atoms with Crippen LogP contribution in [0.2, 0.25) is 0 Å². The summed E-state index contributed by atoms with van der Waals surface area (Å²) in [5.41, 5.74) is 0.176. The van der Waals surface area contributed by atoms with Gasteiger partial charge in [-0.1, -0.05) is 105 Å². The average molecular weight is 480 g/mol. The standard InChI is InChI=1S/C28H53N3O3/c1-5-9-13-15-17-19-23-30-27(32)26(25-34-29(21-11-7-3)22-12-8-4)28(33)31(30)24-20-18-16-14-10-6-2/h25H,5-24H2,1-4H3. The molecule has 0 radical (unpaired) electrons. The summed E-state index contributed by atoms with van der Waals surface area (Å²) in [5, 5.41) is 5.27. The molecule has 0 bridgehead atoms. The highest BCUT2D eigenvalue weighted by molar-refractivity contribution is 6.22. The van der Waals surface area contributed by atoms with Crippen molar-refractivity contribution < 1.29 is 14.4 Å². The highest BCUT2D eigenvalue weighted by Gasteiger charge is 2.40. The molecule has 1 aliphatic rings. The lowest BCUT2D eigenvalue weighted by Gasteiger charge is -2.27. The van der Waals surface area contributed by atoms with Crippen molar-refractivity contribution in [3.8, 4) is 0 Å². The molecule has 0 aromatic carbocycles. The molecular formula is C28H53N3O3. The molecule has 34 heavy (non-hydrogen) atoms. The molecule has 0 aliphatic carbocycles. The summed E-state index contributed by atoms with van der Waals surface area (Å²) in [6.45, 7) is 11.6. The maximum Gasteiger partial charge on any atom is 0.281 e. The molecule has 6 heteroatoms. The molecule has 1 aliphatic heterocycles. The first-order valence-electron chi connectivity index (χ1n) is 14.4. The van der Waals surface area contributed by atoms with Gasteiger partial charge in [0.2, 0.25) is 0 Å². The maximum atomic E-state index is 13.2. The van der Waals surface area contributed by atoms with Gasteiger partial charge in [-0.3, -0.25) is 9.59 Å². The number of unbranched alkanes of at least 4 members (excludes halogenated alkanes) is 12. The van der Waals surface area contributed by atoms with Gasteiger partial charge in [-0.25, -0.2) is 10.0 Å². The monoisotopic (exact) mass is 479 g/mol. The molecule has 1 saturated heterocycles. The topological polar surface area (TPSA) is 53.1 Å². The molecule has 0 saturated carbocycles. The smallest absolute Gasteiger partial charge is 0.281 e. The number of hydrazine groups is 1. The van der Waals surface area contributed by atoms with Crippen LogP contribution in [0.3, 0.4) is 0 Å². The van der Waals surface area contributed by atoms with Crippen molar-refractivity contribution in [1.82, 2.24) is 15.1 Å². The van der Waals surface area contributed by atoms with Gasteiger partial charge < -0.3 is 4.84 Å². The van der Waals surface area contributed by atoms with Crippen molar-refractivity contribution >= 4 is 11.8 Å². The van der Waals surface area contributed by atoms with Crippen molar-refractivity contribution in [1.29, 1.82) is 0 Å². The summed E-state index contributed by atoms with van der Waals surface area (Å²) in [7, 11) is 0. The average Bonchev–Trinajstić information content (AvgIpc) is 3.06. The lowest BCUT2D eigenvalue weighted by Crippen LogP contribution is -2.42. The van der Waals surface area contributed by atoms with Gasteiger partial charge in [0.05, 0.1) is 0 Å². The second kappa shape index (κ2) is 19.7. The van der Waals surface area contributed by atoms with Gasteiger partial charge >= 0.3 is 0 Å². The van der Waals surface area contributed by atoms with E-state index in [2.05, 4.69) is 27.7 Å². The van der Waals surface area contributed by atoms with Gasteiger partial charge in [-0.05, 0) is 25.7 Å². The first-order valence-corrected chi connectivity index (χ1v) is 14.4. The zero-order valence-electron chi connectivity index (χ0n) is 22.8. The molecule has 0 aromatic rings. The number of carbonyl (C=O) groups excluding carboxylic acids is 2. The largest absolute Gasteiger partial charge is 0.413 e. The van der Waals surface area contributed by atoms with E-state index in [0.29, 0.717) is 13.1 Å². The Morgan fingerprint density at radius 3 is 1.38 bits per heavy atom. The molecule has 198 valence electrons. The summed E-state index contributed by atoms with van der Waals surface area (Å²) in [6.07, 6.45) is 19.6. The molecule has 0 atom stereocenters. The predicted octanol–water partition coefficient (Wildman–Crippen LogP) is 7.01. The van der Waals surface area contributed by atoms with Crippen molar-refractivity contribution in [2.24, 2.45) is 0 Å². The number of rotatable bonds is 22. The zero-order chi connectivity index (χ0) is 25.0. The van der Waals surface area contributed by atoms with Gasteiger partial charge in [-0.2, -0.15) is 0 Å². The minimum Gasteiger partial charge on any atom is -0.413 e. The van der Waals surface area contributed by atoms with Crippen molar-refractivity contribution in [2.45, 2.75) is 130 Å². The summed E-state index contributed by atoms with van der Waals surface area (Å²) < 4.78 is 0. The molecule has 1 fully saturated rings. The predicted molar refractivity (Wildman–Crippen MR) is 141 cm³/mol. The fourth-order valence-electron chi connectivity index (χ4n) is 4.23. The van der Waals surface area contributed by atoms with Crippen molar-refractivity contribution in [2.75, 3.05) is 26.2 Å². The van der Waals surface area contributed by atoms with E-state index in [4.69, 9.17) is 4.84 Å². The van der Waals surface area contributed by atoms with E-state index in [-0.39, 0.29) is 17.4 Å². The molecule has 2 amide bonds. The van der Waals surface area contributed by atoms with Crippen LogP contribution >= 0.6 is 0 Å². The highest BCUT2D eigenvalue weighted by atomic mass is 16.7. The number of hydrogen-bond donors (Lipinski definition) is 0. The van der Waals surface area contributed by atoms with Gasteiger partial charge in [0.15, 0.2) is 0 Å². The van der Waals surface area contributed by atoms with Gasteiger partial charge in [-0.15, -0.1) is 5.06 Å². The van der Waals surface area contributed by atoms with E-state index in [1.54, 1.807) is 10.0 Å². The van der Waals surface area contributed by atoms with Crippen LogP contribution in [0, 0.1) is 0 Å². The Morgan fingerprint density at radius 2 is 0.971 bits per heavy atom. The molecular weight excluding hydrogens is 426 g/mol. The molecule has 1 rings (SSSR count). The zero-order valence-corrected chi connectivity index (χ0v) is 22.8. The fourth-order valence-corrected chi connectivity index (χ4v) is 4.23. The Kier molecular flexibility index (Phi) is 17.7. The number of carbonyl (C=O) groups is 2. The Labute approximate surface area is 210 Å². The summed E-state index contributed by atoms with van der Waals surface area (Å²) in [4.78, 5) is 32.3. The number of amides is 2. The number of hydrogen-bond acceptors (Lipinski definition) is 4. The third-order valence-electron chi connectivity index (χ3n) is 6.51. The molecule has 6 nitrogen and oxygen atoms in total. The minimum atomic E-state index is -0.199. The van der Waals surface area contributed by atoms with Crippen molar-refractivity contribution in [3.63, 3.8) is 0 Å². The third kappa shape index (κ3) is 11.7. The minimum absolute atomic E-state index is 0.176. The molecule has 0 aromatic heterocycles. The van der Waals surface area contributed by atoms with E-state index in [9.17, 15) is 9.59 Å². The molecule has 0 N–H and O–H groups in total. The highest BCUT2D eigenvalue weighted by Crippen LogP contribution is 2.22. The van der Waals surface area contributed by atoms with E-state index >= 15 is 0 Å². The van der Waals surface area contributed by atoms with E-state index in [1.165, 1.54) is 57.6 Å². The van der Waals surface area contributed by atoms with Gasteiger partial charge in [0, 0.05) is 26.2 Å². The number of hydroxylamine groups is 2. The fraction of sp³-hybridized carbons (Fsp3) is 0.857. The summed E-state index contributed by atoms with van der Waals surface area (Å²) in [5.74, 6) is -0.397. The number of nitrogens with zero attached hydrogens (tertiary/aromatic N) is 3. The van der Waals surface area contributed by atoms with Gasteiger partial charge in [0.1, 0.15) is 11.8 Å². The summed E-state index contributed by atoms with van der Waals surface area (Å²) in [6, 6.07) is 0. The molecule has 1 heterocycles. The van der Waals surface area contributed by atoms with Crippen LogP contribution in [0.15, 0.2) is 11.8 Å². The van der Waals surface area contributed by atoms with E-state index in [0.717, 1.165) is 64.5 Å². The third-order valence-corrected chi connectivity index (χ3v) is 6.51. The van der Waals surface area contributed by atoms with E-state index < -0.39 is 0 Å². The van der Waals surface area contributed by atoms with Crippen LogP contribution in [-0.4, -0.2) is 53.1 Å². The van der Waals surface area contributed by atoms with Gasteiger partial charge in [0.25, 0.3) is 11.8 Å². The molecule has 0 unspecified atom stereocenters. The summed E-state index contributed by atoms with van der Waals surface area (Å²) >= 11 is 0. The maximum absolute atomic E-state index is 13.2.